The van der Waals surface area contributed by atoms with Crippen LogP contribution in [0.25, 0.3) is 0 Å². The molecule has 0 atom stereocenters. The van der Waals surface area contributed by atoms with Gasteiger partial charge in [-0.1, -0.05) is 13.0 Å². The van der Waals surface area contributed by atoms with Gasteiger partial charge >= 0.3 is 0 Å². The lowest BCUT2D eigenvalue weighted by Gasteiger charge is -2.27. The van der Waals surface area contributed by atoms with Crippen LogP contribution in [0, 0.1) is 0 Å². The number of hydrogen-bond acceptors (Lipinski definition) is 4. The van der Waals surface area contributed by atoms with E-state index in [2.05, 4.69) is 35.3 Å². The van der Waals surface area contributed by atoms with Gasteiger partial charge in [-0.2, -0.15) is 0 Å². The first-order chi connectivity index (χ1) is 9.83. The van der Waals surface area contributed by atoms with Gasteiger partial charge in [-0.05, 0) is 30.7 Å². The zero-order valence-corrected chi connectivity index (χ0v) is 15.1. The van der Waals surface area contributed by atoms with Crippen molar-refractivity contribution in [3.05, 3.63) is 29.3 Å². The zero-order chi connectivity index (χ0) is 14.2. The first-order valence-electron chi connectivity index (χ1n) is 7.50. The molecule has 1 fully saturated rings. The van der Waals surface area contributed by atoms with Crippen molar-refractivity contribution >= 4 is 24.8 Å². The van der Waals surface area contributed by atoms with Crippen molar-refractivity contribution in [1.29, 1.82) is 0 Å². The molecule has 1 saturated heterocycles. The Balaban J connectivity index is 0.00000220. The maximum Gasteiger partial charge on any atom is 0.123 e. The Bertz CT molecular complexity index is 413. The number of ether oxygens (including phenoxy) is 2. The van der Waals surface area contributed by atoms with E-state index in [1.807, 2.05) is 0 Å². The van der Waals surface area contributed by atoms with Gasteiger partial charge in [-0.25, -0.2) is 0 Å². The van der Waals surface area contributed by atoms with Crippen molar-refractivity contribution in [2.75, 3.05) is 40.0 Å². The average molecular weight is 351 g/mol. The summed E-state index contributed by atoms with van der Waals surface area (Å²) < 4.78 is 10.9. The minimum atomic E-state index is 0. The number of morpholine rings is 1. The summed E-state index contributed by atoms with van der Waals surface area (Å²) in [7, 11) is 1.74. The zero-order valence-electron chi connectivity index (χ0n) is 13.5. The van der Waals surface area contributed by atoms with E-state index in [0.29, 0.717) is 0 Å². The fraction of sp³-hybridized carbons (Fsp3) is 0.625. The summed E-state index contributed by atoms with van der Waals surface area (Å²) in [5.74, 6) is 0.982. The van der Waals surface area contributed by atoms with Crippen LogP contribution in [0.5, 0.6) is 5.75 Å². The number of nitrogens with one attached hydrogen (secondary N) is 1. The van der Waals surface area contributed by atoms with Gasteiger partial charge in [-0.15, -0.1) is 24.8 Å². The molecular formula is C16H28Cl2N2O2. The molecule has 1 aliphatic heterocycles. The quantitative estimate of drug-likeness (QED) is 0.766. The third kappa shape index (κ3) is 6.71. The Morgan fingerprint density at radius 1 is 1.23 bits per heavy atom. The number of hydrogen-bond donors (Lipinski definition) is 1. The Labute approximate surface area is 146 Å². The number of methoxy groups -OCH3 is 1. The second-order valence-electron chi connectivity index (χ2n) is 5.21. The van der Waals surface area contributed by atoms with E-state index < -0.39 is 0 Å². The van der Waals surface area contributed by atoms with Crippen LogP contribution in [0.15, 0.2) is 18.2 Å². The Morgan fingerprint density at radius 2 is 1.95 bits per heavy atom. The molecule has 1 aromatic rings. The van der Waals surface area contributed by atoms with Gasteiger partial charge in [0.2, 0.25) is 0 Å². The second kappa shape index (κ2) is 12.0. The monoisotopic (exact) mass is 350 g/mol. The maximum absolute atomic E-state index is 5.49. The molecule has 1 heterocycles. The van der Waals surface area contributed by atoms with E-state index in [1.54, 1.807) is 7.11 Å². The lowest BCUT2D eigenvalue weighted by Crippen LogP contribution is -2.35. The van der Waals surface area contributed by atoms with E-state index in [-0.39, 0.29) is 24.8 Å². The van der Waals surface area contributed by atoms with Crippen LogP contribution >= 0.6 is 24.8 Å². The van der Waals surface area contributed by atoms with Gasteiger partial charge in [0.1, 0.15) is 5.75 Å². The highest BCUT2D eigenvalue weighted by Gasteiger charge is 2.13. The third-order valence-electron chi connectivity index (χ3n) is 3.60. The molecule has 0 saturated carbocycles. The summed E-state index contributed by atoms with van der Waals surface area (Å²) in [5, 5.41) is 3.45. The molecule has 2 rings (SSSR count). The van der Waals surface area contributed by atoms with Gasteiger partial charge in [0, 0.05) is 31.7 Å². The number of rotatable bonds is 7. The summed E-state index contributed by atoms with van der Waals surface area (Å²) in [6, 6.07) is 6.49. The average Bonchev–Trinajstić information content (AvgIpc) is 2.49. The molecule has 0 aromatic heterocycles. The number of nitrogens with zero attached hydrogens (tertiary/aromatic N) is 1. The Morgan fingerprint density at radius 3 is 2.59 bits per heavy atom. The van der Waals surface area contributed by atoms with Crippen LogP contribution < -0.4 is 10.1 Å². The fourth-order valence-corrected chi connectivity index (χ4v) is 2.48. The van der Waals surface area contributed by atoms with E-state index >= 15 is 0 Å². The Kier molecular flexibility index (Phi) is 11.7. The molecule has 0 amide bonds. The van der Waals surface area contributed by atoms with E-state index in [9.17, 15) is 0 Å². The number of benzene rings is 1. The lowest BCUT2D eigenvalue weighted by atomic mass is 10.1. The van der Waals surface area contributed by atoms with Crippen LogP contribution in [-0.2, 0) is 17.8 Å². The highest BCUT2D eigenvalue weighted by Crippen LogP contribution is 2.22. The van der Waals surface area contributed by atoms with Gasteiger partial charge in [0.15, 0.2) is 0 Å². The van der Waals surface area contributed by atoms with E-state index in [0.717, 1.165) is 58.1 Å². The predicted molar refractivity (Wildman–Crippen MR) is 95.6 cm³/mol. The van der Waals surface area contributed by atoms with Gasteiger partial charge in [0.25, 0.3) is 0 Å². The van der Waals surface area contributed by atoms with Crippen molar-refractivity contribution in [3.8, 4) is 5.75 Å². The van der Waals surface area contributed by atoms with Crippen LogP contribution in [0.2, 0.25) is 0 Å². The van der Waals surface area contributed by atoms with Crippen LogP contribution in [0.4, 0.5) is 0 Å². The molecule has 0 aliphatic carbocycles. The van der Waals surface area contributed by atoms with Crippen LogP contribution in [0.3, 0.4) is 0 Å². The van der Waals surface area contributed by atoms with Gasteiger partial charge in [-0.3, -0.25) is 4.90 Å². The molecular weight excluding hydrogens is 323 g/mol. The standard InChI is InChI=1S/C16H26N2O2.2ClH/c1-3-6-17-12-14-4-5-16(19-2)15(11-14)13-18-7-9-20-10-8-18;;/h4-5,11,17H,3,6-10,12-13H2,1-2H3;2*1H. The summed E-state index contributed by atoms with van der Waals surface area (Å²) in [5.41, 5.74) is 2.59. The summed E-state index contributed by atoms with van der Waals surface area (Å²) in [6.07, 6.45) is 1.16. The summed E-state index contributed by atoms with van der Waals surface area (Å²) in [6.45, 7) is 8.78. The van der Waals surface area contributed by atoms with E-state index in [1.165, 1.54) is 11.1 Å². The molecule has 22 heavy (non-hydrogen) atoms. The molecule has 0 spiro atoms. The Hall–Kier alpha value is -0.520. The lowest BCUT2D eigenvalue weighted by molar-refractivity contribution is 0.0339. The molecule has 4 nitrogen and oxygen atoms in total. The molecule has 128 valence electrons. The summed E-state index contributed by atoms with van der Waals surface area (Å²) >= 11 is 0. The molecule has 0 bridgehead atoms. The van der Waals surface area contributed by atoms with E-state index in [4.69, 9.17) is 9.47 Å². The van der Waals surface area contributed by atoms with Crippen molar-refractivity contribution in [3.63, 3.8) is 0 Å². The normalized spacial score (nSPS) is 14.8. The number of halogens is 2. The highest BCUT2D eigenvalue weighted by atomic mass is 35.5. The van der Waals surface area contributed by atoms with Crippen LogP contribution in [0.1, 0.15) is 24.5 Å². The smallest absolute Gasteiger partial charge is 0.123 e. The molecule has 0 radical (unpaired) electrons. The molecule has 0 unspecified atom stereocenters. The van der Waals surface area contributed by atoms with Crippen molar-refractivity contribution < 1.29 is 9.47 Å². The largest absolute Gasteiger partial charge is 0.496 e. The SMILES string of the molecule is CCCNCc1ccc(OC)c(CN2CCOCC2)c1.Cl.Cl. The minimum absolute atomic E-state index is 0. The maximum atomic E-state index is 5.49. The third-order valence-corrected chi connectivity index (χ3v) is 3.60. The van der Waals surface area contributed by atoms with Crippen molar-refractivity contribution in [2.45, 2.75) is 26.4 Å². The second-order valence-corrected chi connectivity index (χ2v) is 5.21. The fourth-order valence-electron chi connectivity index (χ4n) is 2.48. The first kappa shape index (κ1) is 21.5. The molecule has 1 N–H and O–H groups in total. The highest BCUT2D eigenvalue weighted by molar-refractivity contribution is 5.85. The van der Waals surface area contributed by atoms with Crippen molar-refractivity contribution in [1.82, 2.24) is 10.2 Å². The van der Waals surface area contributed by atoms with Crippen molar-refractivity contribution in [2.24, 2.45) is 0 Å². The topological polar surface area (TPSA) is 33.7 Å². The molecule has 1 aromatic carbocycles. The molecule has 6 heteroatoms. The van der Waals surface area contributed by atoms with Gasteiger partial charge < -0.3 is 14.8 Å². The van der Waals surface area contributed by atoms with Gasteiger partial charge in [0.05, 0.1) is 20.3 Å². The summed E-state index contributed by atoms with van der Waals surface area (Å²) in [4.78, 5) is 2.42. The first-order valence-corrected chi connectivity index (χ1v) is 7.50. The predicted octanol–water partition coefficient (Wildman–Crippen LogP) is 2.87. The van der Waals surface area contributed by atoms with Crippen LogP contribution in [-0.4, -0.2) is 44.9 Å². The minimum Gasteiger partial charge on any atom is -0.496 e. The molecule has 1 aliphatic rings.